The highest BCUT2D eigenvalue weighted by molar-refractivity contribution is 5.94. The number of nitrogens with zero attached hydrogens (tertiary/aromatic N) is 3. The Morgan fingerprint density at radius 3 is 2.62 bits per heavy atom. The molecule has 1 unspecified atom stereocenters. The van der Waals surface area contributed by atoms with Crippen LogP contribution in [0.15, 0.2) is 10.6 Å². The van der Waals surface area contributed by atoms with Gasteiger partial charge in [-0.15, -0.1) is 0 Å². The predicted octanol–water partition coefficient (Wildman–Crippen LogP) is 2.62. The number of hydrogen-bond acceptors (Lipinski definition) is 6. The smallest absolute Gasteiger partial charge is 0.311 e. The van der Waals surface area contributed by atoms with Crippen molar-refractivity contribution in [2.75, 3.05) is 5.32 Å². The number of anilines is 1. The lowest BCUT2D eigenvalue weighted by Gasteiger charge is -2.16. The van der Waals surface area contributed by atoms with Crippen molar-refractivity contribution in [1.29, 1.82) is 0 Å². The van der Waals surface area contributed by atoms with E-state index in [1.807, 2.05) is 27.8 Å². The Labute approximate surface area is 152 Å². The molecule has 0 spiro atoms. The lowest BCUT2D eigenvalue weighted by Crippen LogP contribution is -2.33. The van der Waals surface area contributed by atoms with Crippen LogP contribution in [0.5, 0.6) is 0 Å². The minimum Gasteiger partial charge on any atom is -0.452 e. The molecule has 0 fully saturated rings. The highest BCUT2D eigenvalue weighted by atomic mass is 16.5. The second-order valence-electron chi connectivity index (χ2n) is 6.38. The van der Waals surface area contributed by atoms with Crippen LogP contribution in [0.1, 0.15) is 48.9 Å². The molecule has 2 heterocycles. The number of rotatable bonds is 8. The van der Waals surface area contributed by atoms with Crippen molar-refractivity contribution in [2.45, 2.75) is 59.5 Å². The van der Waals surface area contributed by atoms with Crippen molar-refractivity contribution in [3.05, 3.63) is 28.8 Å². The molecule has 2 rings (SSSR count). The standard InChI is InChI=1S/C18H26N4O4/c1-6-7-8-15(18(24)19-16-9-11(2)26-21-16)25-17(23)10-14-12(3)20-22(5)13(14)4/h9,15H,6-8,10H2,1-5H3,(H,19,21,24). The number of amides is 1. The van der Waals surface area contributed by atoms with Gasteiger partial charge in [-0.3, -0.25) is 14.3 Å². The van der Waals surface area contributed by atoms with Crippen LogP contribution in [-0.4, -0.2) is 32.9 Å². The van der Waals surface area contributed by atoms with Crippen molar-refractivity contribution in [2.24, 2.45) is 7.05 Å². The molecule has 8 nitrogen and oxygen atoms in total. The first-order chi connectivity index (χ1) is 12.3. The Kier molecular flexibility index (Phi) is 6.54. The Hall–Kier alpha value is -2.64. The maximum atomic E-state index is 12.5. The number of esters is 1. The fraction of sp³-hybridized carbons (Fsp3) is 0.556. The van der Waals surface area contributed by atoms with Gasteiger partial charge in [0, 0.05) is 24.4 Å². The van der Waals surface area contributed by atoms with Crippen molar-refractivity contribution in [3.8, 4) is 0 Å². The topological polar surface area (TPSA) is 99.2 Å². The Morgan fingerprint density at radius 2 is 2.08 bits per heavy atom. The molecule has 2 aromatic rings. The Bertz CT molecular complexity index is 778. The molecule has 1 N–H and O–H groups in total. The number of aromatic nitrogens is 3. The SMILES string of the molecule is CCCCC(OC(=O)Cc1c(C)nn(C)c1C)C(=O)Nc1cc(C)on1. The van der Waals surface area contributed by atoms with Crippen LogP contribution in [-0.2, 0) is 27.8 Å². The third kappa shape index (κ3) is 4.93. The van der Waals surface area contributed by atoms with E-state index in [0.717, 1.165) is 29.8 Å². The number of nitrogens with one attached hydrogen (secondary N) is 1. The molecule has 142 valence electrons. The van der Waals surface area contributed by atoms with E-state index in [4.69, 9.17) is 9.26 Å². The number of carbonyl (C=O) groups excluding carboxylic acids is 2. The van der Waals surface area contributed by atoms with E-state index in [1.54, 1.807) is 17.7 Å². The summed E-state index contributed by atoms with van der Waals surface area (Å²) in [6.45, 7) is 7.50. The fourth-order valence-corrected chi connectivity index (χ4v) is 2.68. The predicted molar refractivity (Wildman–Crippen MR) is 95.7 cm³/mol. The molecule has 0 saturated carbocycles. The molecule has 0 aliphatic heterocycles. The van der Waals surface area contributed by atoms with Crippen molar-refractivity contribution >= 4 is 17.7 Å². The van der Waals surface area contributed by atoms with E-state index in [9.17, 15) is 9.59 Å². The van der Waals surface area contributed by atoms with Gasteiger partial charge in [0.25, 0.3) is 5.91 Å². The summed E-state index contributed by atoms with van der Waals surface area (Å²) in [7, 11) is 1.83. The van der Waals surface area contributed by atoms with Crippen molar-refractivity contribution < 1.29 is 18.8 Å². The van der Waals surface area contributed by atoms with Gasteiger partial charge in [-0.05, 0) is 33.6 Å². The molecular weight excluding hydrogens is 336 g/mol. The van der Waals surface area contributed by atoms with Gasteiger partial charge >= 0.3 is 5.97 Å². The maximum absolute atomic E-state index is 12.5. The number of ether oxygens (including phenoxy) is 1. The molecule has 0 aliphatic rings. The van der Waals surface area contributed by atoms with Gasteiger partial charge in [0.15, 0.2) is 11.9 Å². The summed E-state index contributed by atoms with van der Waals surface area (Å²) in [5.41, 5.74) is 2.53. The summed E-state index contributed by atoms with van der Waals surface area (Å²) in [6, 6.07) is 1.61. The van der Waals surface area contributed by atoms with E-state index in [1.165, 1.54) is 0 Å². The van der Waals surface area contributed by atoms with E-state index in [0.29, 0.717) is 18.0 Å². The van der Waals surface area contributed by atoms with E-state index >= 15 is 0 Å². The minimum atomic E-state index is -0.864. The first kappa shape index (κ1) is 19.7. The average Bonchev–Trinajstić information content (AvgIpc) is 3.09. The number of unbranched alkanes of at least 4 members (excludes halogenated alkanes) is 1. The van der Waals surface area contributed by atoms with Gasteiger partial charge in [0.2, 0.25) is 0 Å². The van der Waals surface area contributed by atoms with Crippen molar-refractivity contribution in [1.82, 2.24) is 14.9 Å². The third-order valence-electron chi connectivity index (χ3n) is 4.25. The average molecular weight is 362 g/mol. The molecular formula is C18H26N4O4. The van der Waals surface area contributed by atoms with Crippen LogP contribution in [0.4, 0.5) is 5.82 Å². The van der Waals surface area contributed by atoms with Gasteiger partial charge in [-0.2, -0.15) is 5.10 Å². The van der Waals surface area contributed by atoms with Crippen molar-refractivity contribution in [3.63, 3.8) is 0 Å². The van der Waals surface area contributed by atoms with Crippen LogP contribution in [0.3, 0.4) is 0 Å². The van der Waals surface area contributed by atoms with E-state index < -0.39 is 18.0 Å². The maximum Gasteiger partial charge on any atom is 0.311 e. The third-order valence-corrected chi connectivity index (χ3v) is 4.25. The number of carbonyl (C=O) groups is 2. The highest BCUT2D eigenvalue weighted by Crippen LogP contribution is 2.16. The summed E-state index contributed by atoms with van der Waals surface area (Å²) >= 11 is 0. The second-order valence-corrected chi connectivity index (χ2v) is 6.38. The molecule has 1 atom stereocenters. The van der Waals surface area contributed by atoms with Gasteiger partial charge in [-0.1, -0.05) is 18.5 Å². The van der Waals surface area contributed by atoms with Crippen LogP contribution < -0.4 is 5.32 Å². The Balaban J connectivity index is 2.03. The van der Waals surface area contributed by atoms with Gasteiger partial charge < -0.3 is 14.6 Å². The zero-order valence-corrected chi connectivity index (χ0v) is 16.0. The highest BCUT2D eigenvalue weighted by Gasteiger charge is 2.25. The number of aryl methyl sites for hydroxylation is 3. The largest absolute Gasteiger partial charge is 0.452 e. The summed E-state index contributed by atoms with van der Waals surface area (Å²) in [5, 5.41) is 10.7. The summed E-state index contributed by atoms with van der Waals surface area (Å²) in [6.07, 6.45) is 1.34. The molecule has 2 aromatic heterocycles. The minimum absolute atomic E-state index is 0.0878. The summed E-state index contributed by atoms with van der Waals surface area (Å²) < 4.78 is 12.1. The zero-order chi connectivity index (χ0) is 19.3. The van der Waals surface area contributed by atoms with E-state index in [-0.39, 0.29) is 6.42 Å². The molecule has 0 aromatic carbocycles. The first-order valence-corrected chi connectivity index (χ1v) is 8.74. The van der Waals surface area contributed by atoms with Crippen LogP contribution in [0, 0.1) is 20.8 Å². The molecule has 0 aliphatic carbocycles. The lowest BCUT2D eigenvalue weighted by molar-refractivity contribution is -0.154. The lowest BCUT2D eigenvalue weighted by atomic mass is 10.1. The monoisotopic (exact) mass is 362 g/mol. The molecule has 1 amide bonds. The van der Waals surface area contributed by atoms with E-state index in [2.05, 4.69) is 15.6 Å². The van der Waals surface area contributed by atoms with Gasteiger partial charge in [0.05, 0.1) is 12.1 Å². The molecule has 0 bridgehead atoms. The molecule has 26 heavy (non-hydrogen) atoms. The van der Waals surface area contributed by atoms with Gasteiger partial charge in [0.1, 0.15) is 5.76 Å². The second kappa shape index (κ2) is 8.64. The van der Waals surface area contributed by atoms with Crippen LogP contribution in [0.2, 0.25) is 0 Å². The molecule has 0 saturated heterocycles. The number of hydrogen-bond donors (Lipinski definition) is 1. The van der Waals surface area contributed by atoms with Gasteiger partial charge in [-0.25, -0.2) is 0 Å². The van der Waals surface area contributed by atoms with Crippen LogP contribution in [0.25, 0.3) is 0 Å². The summed E-state index contributed by atoms with van der Waals surface area (Å²) in [4.78, 5) is 24.9. The Morgan fingerprint density at radius 1 is 1.35 bits per heavy atom. The zero-order valence-electron chi connectivity index (χ0n) is 16.0. The van der Waals surface area contributed by atoms with Crippen LogP contribution >= 0.6 is 0 Å². The molecule has 8 heteroatoms. The normalized spacial score (nSPS) is 12.0. The fourth-order valence-electron chi connectivity index (χ4n) is 2.68. The molecule has 0 radical (unpaired) electrons. The quantitative estimate of drug-likeness (QED) is 0.725. The summed E-state index contributed by atoms with van der Waals surface area (Å²) in [5.74, 6) is 0.0467. The first-order valence-electron chi connectivity index (χ1n) is 8.74.